The molecule has 0 aromatic carbocycles. The molecule has 0 heterocycles. The van der Waals surface area contributed by atoms with Crippen LogP contribution in [0, 0.1) is 0 Å². The summed E-state index contributed by atoms with van der Waals surface area (Å²) in [6, 6.07) is 2.80. The van der Waals surface area contributed by atoms with E-state index in [0.29, 0.717) is 3.91 Å². The van der Waals surface area contributed by atoms with Crippen molar-refractivity contribution in [1.82, 2.24) is 0 Å². The second-order valence-electron chi connectivity index (χ2n) is 8.03. The fraction of sp³-hybridized carbons (Fsp3) is 1.00. The first-order valence-electron chi connectivity index (χ1n) is 7.31. The van der Waals surface area contributed by atoms with E-state index in [9.17, 15) is 0 Å². The van der Waals surface area contributed by atoms with Crippen molar-refractivity contribution in [3.63, 3.8) is 0 Å². The summed E-state index contributed by atoms with van der Waals surface area (Å²) in [5, 5.41) is 0. The summed E-state index contributed by atoms with van der Waals surface area (Å²) in [5.41, 5.74) is 0. The van der Waals surface area contributed by atoms with E-state index in [2.05, 4.69) is 66.2 Å². The highest BCUT2D eigenvalue weighted by Gasteiger charge is 2.64. The Morgan fingerprint density at radius 2 is 1.06 bits per heavy atom. The van der Waals surface area contributed by atoms with E-state index in [1.54, 1.807) is 0 Å². The molecule has 0 N–H and O–H groups in total. The molecule has 0 saturated heterocycles. The summed E-state index contributed by atoms with van der Waals surface area (Å²) >= 11 is 7.21. The van der Waals surface area contributed by atoms with Crippen molar-refractivity contribution >= 4 is 43.4 Å². The lowest BCUT2D eigenvalue weighted by Gasteiger charge is -2.61. The summed E-state index contributed by atoms with van der Waals surface area (Å²) in [4.78, 5) is 0. The Hall–Kier alpha value is 1.16. The van der Waals surface area contributed by atoms with Crippen LogP contribution in [-0.4, -0.2) is 32.3 Å². The zero-order chi connectivity index (χ0) is 15.0. The van der Waals surface area contributed by atoms with Crippen molar-refractivity contribution < 1.29 is 0 Å². The molecule has 109 valence electrons. The van der Waals surface area contributed by atoms with Crippen molar-refractivity contribution in [2.75, 3.05) is 0 Å². The predicted molar refractivity (Wildman–Crippen MR) is 99.4 cm³/mol. The average Bonchev–Trinajstić information content (AvgIpc) is 2.06. The Morgan fingerprint density at radius 1 is 0.778 bits per heavy atom. The summed E-state index contributed by atoms with van der Waals surface area (Å²) in [5.74, 6) is 0. The number of hydrogen-bond donors (Lipinski definition) is 0. The van der Waals surface area contributed by atoms with Gasteiger partial charge in [0.1, 0.15) is 7.38 Å². The second-order valence-corrected chi connectivity index (χ2v) is 31.4. The highest BCUT2D eigenvalue weighted by atomic mass is 35.6. The SMILES string of the molecule is CC[Si](CC)C([Si](C)(C)C)([Si](C)(C)C)[Si](C)(C)Cl. The Bertz CT molecular complexity index is 230. The average molecular weight is 338 g/mol. The maximum atomic E-state index is 7.21. The first-order valence-corrected chi connectivity index (χ1v) is 20.2. The summed E-state index contributed by atoms with van der Waals surface area (Å²) in [6.07, 6.45) is 0. The number of rotatable bonds is 6. The van der Waals surface area contributed by atoms with E-state index in [1.165, 1.54) is 12.1 Å². The molecule has 0 atom stereocenters. The zero-order valence-electron chi connectivity index (χ0n) is 14.3. The van der Waals surface area contributed by atoms with E-state index in [4.69, 9.17) is 11.1 Å². The predicted octanol–water partition coefficient (Wildman–Crippen LogP) is 6.00. The van der Waals surface area contributed by atoms with Gasteiger partial charge in [0.05, 0.1) is 0 Å². The van der Waals surface area contributed by atoms with Crippen molar-refractivity contribution in [3.8, 4) is 0 Å². The molecule has 0 aliphatic rings. The fourth-order valence-electron chi connectivity index (χ4n) is 5.17. The molecule has 0 aromatic heterocycles. The third kappa shape index (κ3) is 3.08. The maximum Gasteiger partial charge on any atom is 0.148 e. The van der Waals surface area contributed by atoms with Crippen LogP contribution in [0.25, 0.3) is 0 Å². The summed E-state index contributed by atoms with van der Waals surface area (Å²) < 4.78 is 0.614. The quantitative estimate of drug-likeness (QED) is 0.412. The Labute approximate surface area is 125 Å². The fourth-order valence-corrected chi connectivity index (χ4v) is 51.3. The van der Waals surface area contributed by atoms with Crippen molar-refractivity contribution in [3.05, 3.63) is 0 Å². The molecule has 0 aliphatic carbocycles. The summed E-state index contributed by atoms with van der Waals surface area (Å²) in [6.45, 7) is 25.3. The van der Waals surface area contributed by atoms with Crippen LogP contribution >= 0.6 is 11.1 Å². The molecule has 0 unspecified atom stereocenters. The lowest BCUT2D eigenvalue weighted by atomic mass is 10.9. The van der Waals surface area contributed by atoms with Crippen LogP contribution in [0.2, 0.25) is 68.4 Å². The largest absolute Gasteiger partial charge is 0.168 e. The Morgan fingerprint density at radius 3 is 1.11 bits per heavy atom. The minimum absolute atomic E-state index is 0.340. The standard InChI is InChI=1S/C13H34ClSi4/c1-11-15(12-2)13(16(3,4)5,17(6,7)8)18(9,10)14/h11-12H2,1-10H3. The molecule has 0 amide bonds. The smallest absolute Gasteiger partial charge is 0.148 e. The maximum absolute atomic E-state index is 7.21. The minimum Gasteiger partial charge on any atom is -0.168 e. The third-order valence-corrected chi connectivity index (χ3v) is 38.2. The van der Waals surface area contributed by atoms with Crippen molar-refractivity contribution in [2.45, 2.75) is 82.2 Å². The van der Waals surface area contributed by atoms with Crippen LogP contribution in [0.4, 0.5) is 0 Å². The first kappa shape index (κ1) is 19.2. The molecule has 1 radical (unpaired) electrons. The number of hydrogen-bond acceptors (Lipinski definition) is 0. The monoisotopic (exact) mass is 337 g/mol. The van der Waals surface area contributed by atoms with Crippen LogP contribution < -0.4 is 0 Å². The Balaban J connectivity index is 6.25. The zero-order valence-corrected chi connectivity index (χ0v) is 19.0. The molecule has 0 aromatic rings. The molecule has 0 nitrogen and oxygen atoms in total. The normalized spacial score (nSPS) is 15.3. The van der Waals surface area contributed by atoms with Crippen LogP contribution in [0.5, 0.6) is 0 Å². The van der Waals surface area contributed by atoms with Crippen molar-refractivity contribution in [2.24, 2.45) is 0 Å². The molecule has 0 spiro atoms. The van der Waals surface area contributed by atoms with E-state index >= 15 is 0 Å². The number of halogens is 1. The topological polar surface area (TPSA) is 0 Å². The molecular formula is C13H34ClSi4. The van der Waals surface area contributed by atoms with Gasteiger partial charge in [-0.15, -0.1) is 0 Å². The molecule has 0 aliphatic heterocycles. The molecule has 0 saturated carbocycles. The Kier molecular flexibility index (Phi) is 6.26. The van der Waals surface area contributed by atoms with Crippen molar-refractivity contribution in [1.29, 1.82) is 0 Å². The highest BCUT2D eigenvalue weighted by Crippen LogP contribution is 2.58. The molecule has 5 heteroatoms. The van der Waals surface area contributed by atoms with Crippen LogP contribution in [0.15, 0.2) is 0 Å². The van der Waals surface area contributed by atoms with E-state index in [0.717, 1.165) is 0 Å². The highest BCUT2D eigenvalue weighted by molar-refractivity contribution is 7.39. The van der Waals surface area contributed by atoms with E-state index in [1.807, 2.05) is 0 Å². The molecule has 0 fully saturated rings. The van der Waals surface area contributed by atoms with Gasteiger partial charge in [-0.25, -0.2) is 0 Å². The second kappa shape index (κ2) is 5.88. The van der Waals surface area contributed by atoms with Gasteiger partial charge in [-0.05, 0) is 3.91 Å². The van der Waals surface area contributed by atoms with Gasteiger partial charge in [-0.3, -0.25) is 0 Å². The first-order chi connectivity index (χ1) is 7.77. The van der Waals surface area contributed by atoms with Gasteiger partial charge >= 0.3 is 0 Å². The lowest BCUT2D eigenvalue weighted by molar-refractivity contribution is 1.15. The van der Waals surface area contributed by atoms with Crippen LogP contribution in [0.1, 0.15) is 13.8 Å². The molecule has 0 rings (SSSR count). The molecule has 0 bridgehead atoms. The van der Waals surface area contributed by atoms with E-state index in [-0.39, 0.29) is 8.80 Å². The van der Waals surface area contributed by atoms with E-state index < -0.39 is 23.5 Å². The van der Waals surface area contributed by atoms with Gasteiger partial charge < -0.3 is 0 Å². The lowest BCUT2D eigenvalue weighted by Crippen LogP contribution is -2.71. The van der Waals surface area contributed by atoms with Gasteiger partial charge in [0.2, 0.25) is 0 Å². The van der Waals surface area contributed by atoms with Gasteiger partial charge in [-0.1, -0.05) is 78.3 Å². The van der Waals surface area contributed by atoms with Gasteiger partial charge in [-0.2, -0.15) is 11.1 Å². The van der Waals surface area contributed by atoms with Crippen LogP contribution in [0.3, 0.4) is 0 Å². The minimum atomic E-state index is -1.67. The third-order valence-electron chi connectivity index (χ3n) is 4.53. The van der Waals surface area contributed by atoms with Gasteiger partial charge in [0, 0.05) is 24.9 Å². The molecule has 18 heavy (non-hydrogen) atoms. The molecular weight excluding hydrogens is 304 g/mol. The van der Waals surface area contributed by atoms with Crippen LogP contribution in [-0.2, 0) is 0 Å². The van der Waals surface area contributed by atoms with Gasteiger partial charge in [0.25, 0.3) is 0 Å². The summed E-state index contributed by atoms with van der Waals surface area (Å²) in [7, 11) is -4.56. The van der Waals surface area contributed by atoms with Gasteiger partial charge in [0.15, 0.2) is 0 Å².